The van der Waals surface area contributed by atoms with Crippen LogP contribution < -0.4 is 5.32 Å². The molecule has 2 N–H and O–H groups in total. The first-order valence-corrected chi connectivity index (χ1v) is 6.16. The highest BCUT2D eigenvalue weighted by atomic mass is 16.5. The average Bonchev–Trinajstić information content (AvgIpc) is 2.71. The van der Waals surface area contributed by atoms with E-state index in [-0.39, 0.29) is 12.2 Å². The van der Waals surface area contributed by atoms with E-state index in [2.05, 4.69) is 10.4 Å². The molecule has 0 saturated heterocycles. The fourth-order valence-corrected chi connectivity index (χ4v) is 2.18. The van der Waals surface area contributed by atoms with Crippen molar-refractivity contribution >= 4 is 0 Å². The second kappa shape index (κ2) is 5.62. The summed E-state index contributed by atoms with van der Waals surface area (Å²) < 4.78 is 7.30. The van der Waals surface area contributed by atoms with Crippen LogP contribution in [0.25, 0.3) is 0 Å². The SMILES string of the molecule is COC1(CNCc2cnn(CCO)c2)CCC1. The number of aliphatic hydroxyl groups is 1. The third-order valence-electron chi connectivity index (χ3n) is 3.49. The molecule has 5 nitrogen and oxygen atoms in total. The zero-order chi connectivity index (χ0) is 12.1. The third kappa shape index (κ3) is 3.06. The molecule has 0 aromatic carbocycles. The van der Waals surface area contributed by atoms with Gasteiger partial charge in [-0.3, -0.25) is 4.68 Å². The monoisotopic (exact) mass is 239 g/mol. The lowest BCUT2D eigenvalue weighted by atomic mass is 9.80. The van der Waals surface area contributed by atoms with Crippen LogP contribution in [-0.4, -0.2) is 40.7 Å². The second-order valence-electron chi connectivity index (χ2n) is 4.68. The quantitative estimate of drug-likeness (QED) is 0.729. The molecule has 1 aromatic rings. The Bertz CT molecular complexity index is 342. The molecule has 0 aliphatic heterocycles. The van der Waals surface area contributed by atoms with Gasteiger partial charge in [0.25, 0.3) is 0 Å². The summed E-state index contributed by atoms with van der Waals surface area (Å²) in [6, 6.07) is 0. The summed E-state index contributed by atoms with van der Waals surface area (Å²) in [7, 11) is 1.79. The molecule has 2 rings (SSSR count). The summed E-state index contributed by atoms with van der Waals surface area (Å²) >= 11 is 0. The molecule has 0 atom stereocenters. The largest absolute Gasteiger partial charge is 0.394 e. The molecule has 0 amide bonds. The molecule has 0 spiro atoms. The fourth-order valence-electron chi connectivity index (χ4n) is 2.18. The van der Waals surface area contributed by atoms with Crippen molar-refractivity contribution in [1.82, 2.24) is 15.1 Å². The highest BCUT2D eigenvalue weighted by Gasteiger charge is 2.36. The van der Waals surface area contributed by atoms with Gasteiger partial charge in [0.05, 0.1) is 24.9 Å². The van der Waals surface area contributed by atoms with E-state index in [1.807, 2.05) is 12.4 Å². The van der Waals surface area contributed by atoms with Crippen LogP contribution in [0.2, 0.25) is 0 Å². The Labute approximate surface area is 102 Å². The van der Waals surface area contributed by atoms with Crippen LogP contribution in [0.3, 0.4) is 0 Å². The van der Waals surface area contributed by atoms with Gasteiger partial charge in [0.15, 0.2) is 0 Å². The lowest BCUT2D eigenvalue weighted by Crippen LogP contribution is -2.47. The van der Waals surface area contributed by atoms with Crippen molar-refractivity contribution in [3.8, 4) is 0 Å². The molecule has 1 aliphatic carbocycles. The number of nitrogens with zero attached hydrogens (tertiary/aromatic N) is 2. The van der Waals surface area contributed by atoms with Gasteiger partial charge in [-0.05, 0) is 19.3 Å². The molecule has 17 heavy (non-hydrogen) atoms. The molecular formula is C12H21N3O2. The Hall–Kier alpha value is -0.910. The van der Waals surface area contributed by atoms with Crippen LogP contribution in [0.4, 0.5) is 0 Å². The Morgan fingerprint density at radius 1 is 1.59 bits per heavy atom. The summed E-state index contributed by atoms with van der Waals surface area (Å²) in [5.74, 6) is 0. The minimum absolute atomic E-state index is 0.0705. The number of methoxy groups -OCH3 is 1. The van der Waals surface area contributed by atoms with Gasteiger partial charge in [0.2, 0.25) is 0 Å². The van der Waals surface area contributed by atoms with Gasteiger partial charge < -0.3 is 15.2 Å². The molecule has 96 valence electrons. The van der Waals surface area contributed by atoms with E-state index >= 15 is 0 Å². The predicted octanol–water partition coefficient (Wildman–Crippen LogP) is 0.534. The zero-order valence-electron chi connectivity index (χ0n) is 10.4. The summed E-state index contributed by atoms with van der Waals surface area (Å²) in [6.07, 6.45) is 7.37. The van der Waals surface area contributed by atoms with Crippen LogP contribution in [0.15, 0.2) is 12.4 Å². The van der Waals surface area contributed by atoms with Gasteiger partial charge in [-0.2, -0.15) is 5.10 Å². The smallest absolute Gasteiger partial charge is 0.0802 e. The number of hydrogen-bond donors (Lipinski definition) is 2. The van der Waals surface area contributed by atoms with E-state index in [1.54, 1.807) is 11.8 Å². The van der Waals surface area contributed by atoms with Crippen LogP contribution in [-0.2, 0) is 17.8 Å². The number of rotatable bonds is 7. The Kier molecular flexibility index (Phi) is 4.15. The maximum absolute atomic E-state index is 8.79. The molecule has 1 aliphatic rings. The van der Waals surface area contributed by atoms with Crippen LogP contribution in [0.1, 0.15) is 24.8 Å². The van der Waals surface area contributed by atoms with Crippen LogP contribution >= 0.6 is 0 Å². The van der Waals surface area contributed by atoms with Gasteiger partial charge in [0.1, 0.15) is 0 Å². The third-order valence-corrected chi connectivity index (χ3v) is 3.49. The minimum Gasteiger partial charge on any atom is -0.394 e. The highest BCUT2D eigenvalue weighted by Crippen LogP contribution is 2.34. The number of hydrogen-bond acceptors (Lipinski definition) is 4. The first-order chi connectivity index (χ1) is 8.28. The van der Waals surface area contributed by atoms with Crippen LogP contribution in [0.5, 0.6) is 0 Å². The Balaban J connectivity index is 1.73. The summed E-state index contributed by atoms with van der Waals surface area (Å²) in [5.41, 5.74) is 1.21. The van der Waals surface area contributed by atoms with Gasteiger partial charge in [-0.1, -0.05) is 0 Å². The van der Waals surface area contributed by atoms with Gasteiger partial charge in [0, 0.05) is 32.0 Å². The molecular weight excluding hydrogens is 218 g/mol. The van der Waals surface area contributed by atoms with Gasteiger partial charge >= 0.3 is 0 Å². The standard InChI is InChI=1S/C12H21N3O2/c1-17-12(3-2-4-12)10-13-7-11-8-14-15(9-11)5-6-16/h8-9,13,16H,2-7,10H2,1H3. The van der Waals surface area contributed by atoms with E-state index in [4.69, 9.17) is 9.84 Å². The van der Waals surface area contributed by atoms with E-state index in [0.29, 0.717) is 6.54 Å². The van der Waals surface area contributed by atoms with Crippen molar-refractivity contribution in [2.45, 2.75) is 38.0 Å². The molecule has 0 unspecified atom stereocenters. The maximum atomic E-state index is 8.79. The molecule has 1 heterocycles. The van der Waals surface area contributed by atoms with E-state index in [0.717, 1.165) is 31.5 Å². The first kappa shape index (κ1) is 12.5. The highest BCUT2D eigenvalue weighted by molar-refractivity contribution is 5.04. The normalized spacial score (nSPS) is 18.0. The van der Waals surface area contributed by atoms with Crippen molar-refractivity contribution in [2.24, 2.45) is 0 Å². The molecule has 5 heteroatoms. The molecule has 0 radical (unpaired) electrons. The van der Waals surface area contributed by atoms with Crippen molar-refractivity contribution in [3.63, 3.8) is 0 Å². The number of aromatic nitrogens is 2. The van der Waals surface area contributed by atoms with E-state index in [9.17, 15) is 0 Å². The van der Waals surface area contributed by atoms with Crippen molar-refractivity contribution in [3.05, 3.63) is 18.0 Å². The lowest BCUT2D eigenvalue weighted by Gasteiger charge is -2.40. The van der Waals surface area contributed by atoms with Crippen molar-refractivity contribution in [2.75, 3.05) is 20.3 Å². The van der Waals surface area contributed by atoms with E-state index < -0.39 is 0 Å². The Morgan fingerprint density at radius 2 is 2.41 bits per heavy atom. The average molecular weight is 239 g/mol. The summed E-state index contributed by atoms with van der Waals surface area (Å²) in [5, 5.41) is 16.4. The topological polar surface area (TPSA) is 59.3 Å². The fraction of sp³-hybridized carbons (Fsp3) is 0.750. The van der Waals surface area contributed by atoms with E-state index in [1.165, 1.54) is 6.42 Å². The summed E-state index contributed by atoms with van der Waals surface area (Å²) in [4.78, 5) is 0. The van der Waals surface area contributed by atoms with Gasteiger partial charge in [-0.15, -0.1) is 0 Å². The number of nitrogens with one attached hydrogen (secondary N) is 1. The molecule has 1 saturated carbocycles. The van der Waals surface area contributed by atoms with Crippen molar-refractivity contribution < 1.29 is 9.84 Å². The van der Waals surface area contributed by atoms with Crippen LogP contribution in [0, 0.1) is 0 Å². The molecule has 1 aromatic heterocycles. The molecule has 1 fully saturated rings. The predicted molar refractivity (Wildman–Crippen MR) is 64.6 cm³/mol. The van der Waals surface area contributed by atoms with Crippen molar-refractivity contribution in [1.29, 1.82) is 0 Å². The molecule has 0 bridgehead atoms. The van der Waals surface area contributed by atoms with Gasteiger partial charge in [-0.25, -0.2) is 0 Å². The maximum Gasteiger partial charge on any atom is 0.0802 e. The Morgan fingerprint density at radius 3 is 3.00 bits per heavy atom. The lowest BCUT2D eigenvalue weighted by molar-refractivity contribution is -0.0695. The number of ether oxygens (including phenoxy) is 1. The minimum atomic E-state index is 0.0705. The summed E-state index contributed by atoms with van der Waals surface area (Å²) in [6.45, 7) is 2.38. The first-order valence-electron chi connectivity index (χ1n) is 6.16. The second-order valence-corrected chi connectivity index (χ2v) is 4.68. The zero-order valence-corrected chi connectivity index (χ0v) is 10.4. The number of aliphatic hydroxyl groups excluding tert-OH is 1.